The van der Waals surface area contributed by atoms with Gasteiger partial charge in [0.1, 0.15) is 5.75 Å². The zero-order chi connectivity index (χ0) is 21.8. The Kier molecular flexibility index (Phi) is 5.94. The van der Waals surface area contributed by atoms with Crippen molar-refractivity contribution in [2.45, 2.75) is 11.8 Å². The molecule has 1 aliphatic rings. The van der Waals surface area contributed by atoms with Crippen LogP contribution in [0.25, 0.3) is 0 Å². The van der Waals surface area contributed by atoms with Crippen LogP contribution in [0, 0.1) is 6.92 Å². The zero-order valence-electron chi connectivity index (χ0n) is 17.5. The van der Waals surface area contributed by atoms with Crippen LogP contribution in [0.3, 0.4) is 0 Å². The Morgan fingerprint density at radius 1 is 0.935 bits per heavy atom. The number of sulfonamides is 1. The van der Waals surface area contributed by atoms with Gasteiger partial charge in [-0.15, -0.1) is 0 Å². The van der Waals surface area contributed by atoms with E-state index in [0.29, 0.717) is 17.4 Å². The second kappa shape index (κ2) is 8.81. The summed E-state index contributed by atoms with van der Waals surface area (Å²) in [7, 11) is -2.19. The smallest absolute Gasteiger partial charge is 0.262 e. The van der Waals surface area contributed by atoms with Crippen LogP contribution in [-0.4, -0.2) is 51.7 Å². The van der Waals surface area contributed by atoms with E-state index < -0.39 is 10.0 Å². The van der Waals surface area contributed by atoms with Gasteiger partial charge >= 0.3 is 0 Å². The normalized spacial score (nSPS) is 14.4. The number of benzene rings is 2. The lowest BCUT2D eigenvalue weighted by Gasteiger charge is -2.36. The van der Waals surface area contributed by atoms with E-state index in [1.54, 1.807) is 26.2 Å². The van der Waals surface area contributed by atoms with Gasteiger partial charge in [-0.1, -0.05) is 18.2 Å². The highest BCUT2D eigenvalue weighted by Crippen LogP contribution is 2.23. The molecule has 1 fully saturated rings. The molecule has 0 bridgehead atoms. The van der Waals surface area contributed by atoms with Gasteiger partial charge in [0.2, 0.25) is 5.95 Å². The van der Waals surface area contributed by atoms with Gasteiger partial charge in [0.05, 0.1) is 30.1 Å². The van der Waals surface area contributed by atoms with Crippen molar-refractivity contribution in [1.29, 1.82) is 0 Å². The predicted molar refractivity (Wildman–Crippen MR) is 121 cm³/mol. The minimum atomic E-state index is -3.74. The monoisotopic (exact) mass is 439 g/mol. The fourth-order valence-electron chi connectivity index (χ4n) is 3.57. The molecule has 162 valence electrons. The molecular weight excluding hydrogens is 414 g/mol. The highest BCUT2D eigenvalue weighted by molar-refractivity contribution is 7.92. The molecule has 9 heteroatoms. The molecular formula is C22H25N5O3S. The van der Waals surface area contributed by atoms with E-state index in [0.717, 1.165) is 31.7 Å². The number of hydrogen-bond donors (Lipinski definition) is 1. The summed E-state index contributed by atoms with van der Waals surface area (Å²) in [6.07, 6.45) is 3.00. The second-order valence-corrected chi connectivity index (χ2v) is 9.00. The number of nitrogens with one attached hydrogen (secondary N) is 1. The minimum absolute atomic E-state index is 0.159. The van der Waals surface area contributed by atoms with E-state index >= 15 is 0 Å². The lowest BCUT2D eigenvalue weighted by molar-refractivity contribution is 0.411. The van der Waals surface area contributed by atoms with E-state index in [2.05, 4.69) is 36.6 Å². The number of anilines is 3. The maximum absolute atomic E-state index is 12.7. The Morgan fingerprint density at radius 2 is 1.58 bits per heavy atom. The van der Waals surface area contributed by atoms with Crippen molar-refractivity contribution in [3.8, 4) is 5.75 Å². The molecule has 2 aromatic carbocycles. The first-order valence-corrected chi connectivity index (χ1v) is 11.5. The fraction of sp³-hybridized carbons (Fsp3) is 0.273. The molecule has 2 heterocycles. The van der Waals surface area contributed by atoms with Crippen LogP contribution >= 0.6 is 0 Å². The van der Waals surface area contributed by atoms with Crippen molar-refractivity contribution in [3.63, 3.8) is 0 Å². The lowest BCUT2D eigenvalue weighted by atomic mass is 10.2. The van der Waals surface area contributed by atoms with Crippen molar-refractivity contribution in [1.82, 2.24) is 9.97 Å². The third kappa shape index (κ3) is 4.72. The summed E-state index contributed by atoms with van der Waals surface area (Å²) >= 11 is 0. The molecule has 0 saturated carbocycles. The minimum Gasteiger partial charge on any atom is -0.496 e. The van der Waals surface area contributed by atoms with Crippen molar-refractivity contribution >= 4 is 27.3 Å². The van der Waals surface area contributed by atoms with Crippen molar-refractivity contribution in [2.75, 3.05) is 47.8 Å². The summed E-state index contributed by atoms with van der Waals surface area (Å²) in [4.78, 5) is 13.3. The van der Waals surface area contributed by atoms with E-state index in [9.17, 15) is 8.42 Å². The number of nitrogens with zero attached hydrogens (tertiary/aromatic N) is 4. The van der Waals surface area contributed by atoms with Crippen LogP contribution in [0.15, 0.2) is 65.8 Å². The van der Waals surface area contributed by atoms with E-state index in [4.69, 9.17) is 4.74 Å². The number of methoxy groups -OCH3 is 1. The van der Waals surface area contributed by atoms with Gasteiger partial charge in [0, 0.05) is 31.9 Å². The lowest BCUT2D eigenvalue weighted by Crippen LogP contribution is -2.47. The van der Waals surface area contributed by atoms with Crippen molar-refractivity contribution < 1.29 is 13.2 Å². The van der Waals surface area contributed by atoms with Gasteiger partial charge in [0.15, 0.2) is 0 Å². The Bertz CT molecular complexity index is 1130. The first kappa shape index (κ1) is 20.9. The van der Waals surface area contributed by atoms with Gasteiger partial charge in [-0.2, -0.15) is 0 Å². The number of aromatic nitrogens is 2. The number of hydrogen-bond acceptors (Lipinski definition) is 7. The standard InChI is InChI=1S/C22H25N5O3S/c1-17-14-20(8-9-21(17)30-2)31(28,29)25-18-15-23-22(24-16-18)27-12-10-26(11-13-27)19-6-4-3-5-7-19/h3-9,14-16,25H,10-13H2,1-2H3. The van der Waals surface area contributed by atoms with Crippen molar-refractivity contribution in [2.24, 2.45) is 0 Å². The van der Waals surface area contributed by atoms with E-state index in [-0.39, 0.29) is 4.90 Å². The molecule has 4 rings (SSSR count). The molecule has 0 spiro atoms. The molecule has 0 aliphatic carbocycles. The summed E-state index contributed by atoms with van der Waals surface area (Å²) in [6.45, 7) is 5.14. The molecule has 0 amide bonds. The number of para-hydroxylation sites is 1. The van der Waals surface area contributed by atoms with Crippen LogP contribution in [0.5, 0.6) is 5.75 Å². The quantitative estimate of drug-likeness (QED) is 0.632. The third-order valence-corrected chi connectivity index (χ3v) is 6.63. The van der Waals surface area contributed by atoms with Crippen molar-refractivity contribution in [3.05, 3.63) is 66.5 Å². The topological polar surface area (TPSA) is 87.7 Å². The largest absolute Gasteiger partial charge is 0.496 e. The summed E-state index contributed by atoms with van der Waals surface area (Å²) < 4.78 is 33.1. The first-order valence-electron chi connectivity index (χ1n) is 10.0. The van der Waals surface area contributed by atoms with Gasteiger partial charge in [0.25, 0.3) is 10.0 Å². The average Bonchev–Trinajstić information content (AvgIpc) is 2.80. The Balaban J connectivity index is 1.40. The molecule has 1 N–H and O–H groups in total. The van der Waals surface area contributed by atoms with Crippen LogP contribution in [-0.2, 0) is 10.0 Å². The molecule has 8 nitrogen and oxygen atoms in total. The SMILES string of the molecule is COc1ccc(S(=O)(=O)Nc2cnc(N3CCN(c4ccccc4)CC3)nc2)cc1C. The van der Waals surface area contributed by atoms with Crippen LogP contribution < -0.4 is 19.3 Å². The molecule has 0 atom stereocenters. The summed E-state index contributed by atoms with van der Waals surface area (Å²) in [5, 5.41) is 0. The maximum atomic E-state index is 12.7. The molecule has 3 aromatic rings. The van der Waals surface area contributed by atoms with Crippen LogP contribution in [0.4, 0.5) is 17.3 Å². The summed E-state index contributed by atoms with van der Waals surface area (Å²) in [5.41, 5.74) is 2.27. The molecule has 0 unspecified atom stereocenters. The van der Waals surface area contributed by atoms with Gasteiger partial charge < -0.3 is 14.5 Å². The van der Waals surface area contributed by atoms with Gasteiger partial charge in [-0.3, -0.25) is 4.72 Å². The highest BCUT2D eigenvalue weighted by atomic mass is 32.2. The van der Waals surface area contributed by atoms with Gasteiger partial charge in [-0.25, -0.2) is 18.4 Å². The van der Waals surface area contributed by atoms with Crippen LogP contribution in [0.1, 0.15) is 5.56 Å². The number of piperazine rings is 1. The third-order valence-electron chi connectivity index (χ3n) is 5.25. The second-order valence-electron chi connectivity index (χ2n) is 7.32. The number of aryl methyl sites for hydroxylation is 1. The molecule has 1 aromatic heterocycles. The Labute approximate surface area is 182 Å². The molecule has 1 saturated heterocycles. The molecule has 1 aliphatic heterocycles. The summed E-state index contributed by atoms with van der Waals surface area (Å²) in [5.74, 6) is 1.23. The van der Waals surface area contributed by atoms with E-state index in [1.165, 1.54) is 24.1 Å². The maximum Gasteiger partial charge on any atom is 0.262 e. The Morgan fingerprint density at radius 3 is 2.19 bits per heavy atom. The summed E-state index contributed by atoms with van der Waals surface area (Å²) in [6, 6.07) is 15.0. The van der Waals surface area contributed by atoms with Gasteiger partial charge in [-0.05, 0) is 42.8 Å². The number of rotatable bonds is 6. The fourth-order valence-corrected chi connectivity index (χ4v) is 4.69. The first-order chi connectivity index (χ1) is 15.0. The molecule has 0 radical (unpaired) electrons. The Hall–Kier alpha value is -3.33. The van der Waals surface area contributed by atoms with Crippen LogP contribution in [0.2, 0.25) is 0 Å². The predicted octanol–water partition coefficient (Wildman–Crippen LogP) is 2.92. The zero-order valence-corrected chi connectivity index (χ0v) is 18.3. The van der Waals surface area contributed by atoms with E-state index in [1.807, 2.05) is 18.2 Å². The molecule has 31 heavy (non-hydrogen) atoms. The highest BCUT2D eigenvalue weighted by Gasteiger charge is 2.20. The average molecular weight is 440 g/mol. The number of ether oxygens (including phenoxy) is 1.